The smallest absolute Gasteiger partial charge is 0.433 e. The zero-order valence-electron chi connectivity index (χ0n) is 13.9. The predicted molar refractivity (Wildman–Crippen MR) is 87.6 cm³/mol. The molecule has 3 heterocycles. The Balaban J connectivity index is 1.50. The Bertz CT molecular complexity index is 745. The first-order valence-electron chi connectivity index (χ1n) is 8.30. The third-order valence-electron chi connectivity index (χ3n) is 4.31. The van der Waals surface area contributed by atoms with Gasteiger partial charge in [0.2, 0.25) is 5.88 Å². The van der Waals surface area contributed by atoms with Gasteiger partial charge in [0.15, 0.2) is 0 Å². The number of halogens is 3. The van der Waals surface area contributed by atoms with Gasteiger partial charge in [0.25, 0.3) is 5.91 Å². The first-order valence-corrected chi connectivity index (χ1v) is 8.30. The minimum absolute atomic E-state index is 0.0323. The van der Waals surface area contributed by atoms with Gasteiger partial charge in [-0.2, -0.15) is 13.2 Å². The zero-order chi connectivity index (χ0) is 18.6. The molecule has 0 aliphatic carbocycles. The highest BCUT2D eigenvalue weighted by Gasteiger charge is 2.32. The van der Waals surface area contributed by atoms with Gasteiger partial charge in [0.1, 0.15) is 5.69 Å². The molecule has 2 aromatic heterocycles. The minimum atomic E-state index is -4.49. The normalized spacial score (nSPS) is 15.7. The number of alkyl halides is 3. The first kappa shape index (κ1) is 18.2. The number of pyridine rings is 2. The summed E-state index contributed by atoms with van der Waals surface area (Å²) < 4.78 is 43.4. The van der Waals surface area contributed by atoms with Gasteiger partial charge in [-0.1, -0.05) is 6.07 Å². The summed E-state index contributed by atoms with van der Waals surface area (Å²) in [5.74, 6) is 0.106. The van der Waals surface area contributed by atoms with E-state index in [2.05, 4.69) is 9.97 Å². The second-order valence-corrected chi connectivity index (χ2v) is 6.14. The van der Waals surface area contributed by atoms with E-state index < -0.39 is 11.9 Å². The van der Waals surface area contributed by atoms with Crippen LogP contribution in [0.2, 0.25) is 0 Å². The van der Waals surface area contributed by atoms with Gasteiger partial charge < -0.3 is 9.64 Å². The van der Waals surface area contributed by atoms with E-state index in [-0.39, 0.29) is 24.3 Å². The van der Waals surface area contributed by atoms with Crippen LogP contribution in [0.4, 0.5) is 13.2 Å². The average Bonchev–Trinajstić information content (AvgIpc) is 2.66. The van der Waals surface area contributed by atoms with Crippen molar-refractivity contribution in [2.45, 2.75) is 19.0 Å². The van der Waals surface area contributed by atoms with Crippen molar-refractivity contribution in [1.29, 1.82) is 0 Å². The van der Waals surface area contributed by atoms with Crippen LogP contribution in [0.25, 0.3) is 0 Å². The standard InChI is InChI=1S/C18H18F3N3O2/c19-18(20,21)15-2-1-3-16(23-15)26-12-13-6-10-24(11-7-13)17(25)14-4-8-22-9-5-14/h1-5,8-9,13H,6-7,10-12H2. The van der Waals surface area contributed by atoms with Crippen LogP contribution in [-0.2, 0) is 6.18 Å². The summed E-state index contributed by atoms with van der Waals surface area (Å²) in [6.07, 6.45) is 0.134. The van der Waals surface area contributed by atoms with E-state index in [9.17, 15) is 18.0 Å². The second-order valence-electron chi connectivity index (χ2n) is 6.14. The lowest BCUT2D eigenvalue weighted by Crippen LogP contribution is -2.39. The zero-order valence-corrected chi connectivity index (χ0v) is 13.9. The van der Waals surface area contributed by atoms with Crippen LogP contribution in [0.15, 0.2) is 42.7 Å². The minimum Gasteiger partial charge on any atom is -0.477 e. The molecular weight excluding hydrogens is 347 g/mol. The Morgan fingerprint density at radius 2 is 1.85 bits per heavy atom. The van der Waals surface area contributed by atoms with Crippen LogP contribution in [0.5, 0.6) is 5.88 Å². The number of carbonyl (C=O) groups excluding carboxylic acids is 1. The number of amides is 1. The van der Waals surface area contributed by atoms with E-state index in [1.165, 1.54) is 12.1 Å². The van der Waals surface area contributed by atoms with Crippen molar-refractivity contribution in [1.82, 2.24) is 14.9 Å². The Kier molecular flexibility index (Phi) is 5.39. The summed E-state index contributed by atoms with van der Waals surface area (Å²) in [5.41, 5.74) is -0.365. The Morgan fingerprint density at radius 1 is 1.15 bits per heavy atom. The molecule has 0 radical (unpaired) electrons. The van der Waals surface area contributed by atoms with E-state index >= 15 is 0 Å². The fourth-order valence-electron chi connectivity index (χ4n) is 2.84. The summed E-state index contributed by atoms with van der Waals surface area (Å²) in [4.78, 5) is 21.5. The molecule has 1 aliphatic rings. The lowest BCUT2D eigenvalue weighted by Gasteiger charge is -2.31. The molecule has 1 saturated heterocycles. The molecule has 0 N–H and O–H groups in total. The van der Waals surface area contributed by atoms with E-state index in [0.717, 1.165) is 18.9 Å². The van der Waals surface area contributed by atoms with Crippen LogP contribution >= 0.6 is 0 Å². The monoisotopic (exact) mass is 365 g/mol. The molecule has 5 nitrogen and oxygen atoms in total. The maximum absolute atomic E-state index is 12.7. The SMILES string of the molecule is O=C(c1ccncc1)N1CCC(COc2cccc(C(F)(F)F)n2)CC1. The number of carbonyl (C=O) groups is 1. The molecule has 2 aromatic rings. The molecule has 138 valence electrons. The maximum atomic E-state index is 12.7. The van der Waals surface area contributed by atoms with Crippen molar-refractivity contribution in [2.24, 2.45) is 5.92 Å². The van der Waals surface area contributed by atoms with Crippen molar-refractivity contribution in [3.8, 4) is 5.88 Å². The lowest BCUT2D eigenvalue weighted by atomic mass is 9.97. The van der Waals surface area contributed by atoms with Crippen molar-refractivity contribution < 1.29 is 22.7 Å². The summed E-state index contributed by atoms with van der Waals surface area (Å²) >= 11 is 0. The van der Waals surface area contributed by atoms with Gasteiger partial charge in [0.05, 0.1) is 6.61 Å². The molecule has 0 aromatic carbocycles. The quantitative estimate of drug-likeness (QED) is 0.833. The molecule has 0 bridgehead atoms. The molecule has 0 spiro atoms. The van der Waals surface area contributed by atoms with Crippen molar-refractivity contribution >= 4 is 5.91 Å². The summed E-state index contributed by atoms with van der Waals surface area (Å²) in [6.45, 7) is 1.46. The summed E-state index contributed by atoms with van der Waals surface area (Å²) in [6, 6.07) is 6.96. The third-order valence-corrected chi connectivity index (χ3v) is 4.31. The molecule has 0 atom stereocenters. The Labute approximate surface area is 148 Å². The highest BCUT2D eigenvalue weighted by molar-refractivity contribution is 5.94. The largest absolute Gasteiger partial charge is 0.477 e. The van der Waals surface area contributed by atoms with Crippen molar-refractivity contribution in [3.05, 3.63) is 54.0 Å². The number of hydrogen-bond acceptors (Lipinski definition) is 4. The molecule has 1 amide bonds. The molecule has 0 unspecified atom stereocenters. The van der Waals surface area contributed by atoms with Crippen LogP contribution < -0.4 is 4.74 Å². The van der Waals surface area contributed by atoms with Gasteiger partial charge in [-0.05, 0) is 37.0 Å². The molecule has 8 heteroatoms. The summed E-state index contributed by atoms with van der Waals surface area (Å²) in [5, 5.41) is 0. The van der Waals surface area contributed by atoms with Gasteiger partial charge >= 0.3 is 6.18 Å². The average molecular weight is 365 g/mol. The first-order chi connectivity index (χ1) is 12.4. The number of rotatable bonds is 4. The highest BCUT2D eigenvalue weighted by Crippen LogP contribution is 2.29. The summed E-state index contributed by atoms with van der Waals surface area (Å²) in [7, 11) is 0. The number of piperidine rings is 1. The van der Waals surface area contributed by atoms with E-state index in [1.807, 2.05) is 0 Å². The van der Waals surface area contributed by atoms with Gasteiger partial charge in [-0.25, -0.2) is 4.98 Å². The van der Waals surface area contributed by atoms with Crippen molar-refractivity contribution in [3.63, 3.8) is 0 Å². The van der Waals surface area contributed by atoms with E-state index in [4.69, 9.17) is 4.74 Å². The topological polar surface area (TPSA) is 55.3 Å². The molecule has 0 saturated carbocycles. The van der Waals surface area contributed by atoms with Crippen molar-refractivity contribution in [2.75, 3.05) is 19.7 Å². The van der Waals surface area contributed by atoms with Gasteiger partial charge in [-0.15, -0.1) is 0 Å². The third kappa shape index (κ3) is 4.50. The molecular formula is C18H18F3N3O2. The maximum Gasteiger partial charge on any atom is 0.433 e. The molecule has 1 aliphatic heterocycles. The fraction of sp³-hybridized carbons (Fsp3) is 0.389. The Hall–Kier alpha value is -2.64. The fourth-order valence-corrected chi connectivity index (χ4v) is 2.84. The number of likely N-dealkylation sites (tertiary alicyclic amines) is 1. The van der Waals surface area contributed by atoms with Crippen LogP contribution in [-0.4, -0.2) is 40.5 Å². The Morgan fingerprint density at radius 3 is 2.50 bits per heavy atom. The number of ether oxygens (including phenoxy) is 1. The molecule has 26 heavy (non-hydrogen) atoms. The van der Waals surface area contributed by atoms with Crippen LogP contribution in [0, 0.1) is 5.92 Å². The van der Waals surface area contributed by atoms with E-state index in [1.54, 1.807) is 29.4 Å². The number of nitrogens with zero attached hydrogens (tertiary/aromatic N) is 3. The lowest BCUT2D eigenvalue weighted by molar-refractivity contribution is -0.141. The molecule has 1 fully saturated rings. The number of aromatic nitrogens is 2. The molecule has 3 rings (SSSR count). The second kappa shape index (κ2) is 7.72. The van der Waals surface area contributed by atoms with Gasteiger partial charge in [-0.3, -0.25) is 9.78 Å². The highest BCUT2D eigenvalue weighted by atomic mass is 19.4. The van der Waals surface area contributed by atoms with Gasteiger partial charge in [0, 0.05) is 37.1 Å². The predicted octanol–water partition coefficient (Wildman–Crippen LogP) is 3.43. The van der Waals surface area contributed by atoms with Crippen LogP contribution in [0.1, 0.15) is 28.9 Å². The number of hydrogen-bond donors (Lipinski definition) is 0. The van der Waals surface area contributed by atoms with E-state index in [0.29, 0.717) is 18.7 Å². The van der Waals surface area contributed by atoms with Crippen LogP contribution in [0.3, 0.4) is 0 Å².